The molecule has 0 bridgehead atoms. The van der Waals surface area contributed by atoms with Crippen LogP contribution in [0.5, 0.6) is 0 Å². The van der Waals surface area contributed by atoms with Gasteiger partial charge in [0.25, 0.3) is 0 Å². The second-order valence-electron chi connectivity index (χ2n) is 7.47. The lowest BCUT2D eigenvalue weighted by Gasteiger charge is -2.27. The fraction of sp³-hybridized carbons (Fsp3) is 0.333. The van der Waals surface area contributed by atoms with E-state index in [0.717, 1.165) is 29.8 Å². The Morgan fingerprint density at radius 3 is 2.32 bits per heavy atom. The molecule has 2 amide bonds. The second-order valence-corrected chi connectivity index (χ2v) is 7.47. The summed E-state index contributed by atoms with van der Waals surface area (Å²) < 4.78 is 38.0. The summed E-state index contributed by atoms with van der Waals surface area (Å²) in [5, 5.41) is 2.61. The quantitative estimate of drug-likeness (QED) is 0.793. The third-order valence-electron chi connectivity index (χ3n) is 5.49. The van der Waals surface area contributed by atoms with Crippen LogP contribution in [0, 0.1) is 5.41 Å². The molecule has 1 aliphatic heterocycles. The first-order chi connectivity index (χ1) is 13.2. The van der Waals surface area contributed by atoms with E-state index in [1.165, 1.54) is 12.1 Å². The van der Waals surface area contributed by atoms with E-state index < -0.39 is 23.1 Å². The third kappa shape index (κ3) is 3.04. The molecule has 2 aromatic rings. The zero-order valence-electron chi connectivity index (χ0n) is 15.2. The molecule has 2 aliphatic rings. The molecule has 1 N–H and O–H groups in total. The van der Waals surface area contributed by atoms with E-state index in [-0.39, 0.29) is 17.6 Å². The van der Waals surface area contributed by atoms with Gasteiger partial charge in [-0.25, -0.2) is 0 Å². The largest absolute Gasteiger partial charge is 0.416 e. The second kappa shape index (κ2) is 6.36. The van der Waals surface area contributed by atoms with Gasteiger partial charge in [0, 0.05) is 17.4 Å². The molecule has 0 aromatic heterocycles. The van der Waals surface area contributed by atoms with Crippen LogP contribution >= 0.6 is 0 Å². The van der Waals surface area contributed by atoms with Crippen LogP contribution in [-0.2, 0) is 22.2 Å². The summed E-state index contributed by atoms with van der Waals surface area (Å²) in [4.78, 5) is 27.7. The number of carbonyl (C=O) groups excluding carboxylic acids is 2. The van der Waals surface area contributed by atoms with E-state index in [4.69, 9.17) is 0 Å². The number of anilines is 2. The SMILES string of the molecule is CC1Cc2ccccc2N1C(=O)C1(C(=O)Nc2ccc(C(F)(F)F)cc2)CC1. The number of nitrogens with zero attached hydrogens (tertiary/aromatic N) is 1. The molecule has 0 radical (unpaired) electrons. The van der Waals surface area contributed by atoms with E-state index in [1.807, 2.05) is 31.2 Å². The topological polar surface area (TPSA) is 49.4 Å². The summed E-state index contributed by atoms with van der Waals surface area (Å²) in [7, 11) is 0. The first-order valence-corrected chi connectivity index (χ1v) is 9.13. The predicted molar refractivity (Wildman–Crippen MR) is 98.8 cm³/mol. The smallest absolute Gasteiger partial charge is 0.325 e. The van der Waals surface area contributed by atoms with Gasteiger partial charge in [0.15, 0.2) is 0 Å². The number of fused-ring (bicyclic) bond motifs is 1. The Kier molecular flexibility index (Phi) is 4.21. The number of nitrogens with one attached hydrogen (secondary N) is 1. The van der Waals surface area contributed by atoms with Gasteiger partial charge in [-0.3, -0.25) is 9.59 Å². The Labute approximate surface area is 160 Å². The van der Waals surface area contributed by atoms with Crippen molar-refractivity contribution in [2.75, 3.05) is 10.2 Å². The molecule has 2 aromatic carbocycles. The van der Waals surface area contributed by atoms with Crippen molar-refractivity contribution < 1.29 is 22.8 Å². The summed E-state index contributed by atoms with van der Waals surface area (Å²) >= 11 is 0. The zero-order valence-corrected chi connectivity index (χ0v) is 15.2. The van der Waals surface area contributed by atoms with E-state index in [9.17, 15) is 22.8 Å². The maximum atomic E-state index is 13.2. The molecular weight excluding hydrogens is 369 g/mol. The molecule has 1 unspecified atom stereocenters. The van der Waals surface area contributed by atoms with Gasteiger partial charge in [0.2, 0.25) is 11.8 Å². The standard InChI is InChI=1S/C21H19F3N2O2/c1-13-12-14-4-2-3-5-17(14)26(13)19(28)20(10-11-20)18(27)25-16-8-6-15(7-9-16)21(22,23)24/h2-9,13H,10-12H2,1H3,(H,25,27). The maximum Gasteiger partial charge on any atom is 0.416 e. The lowest BCUT2D eigenvalue weighted by atomic mass is 10.0. The van der Waals surface area contributed by atoms with Gasteiger partial charge in [-0.05, 0) is 62.1 Å². The molecule has 0 saturated heterocycles. The zero-order chi connectivity index (χ0) is 20.1. The van der Waals surface area contributed by atoms with Gasteiger partial charge in [-0.15, -0.1) is 0 Å². The minimum atomic E-state index is -4.44. The maximum absolute atomic E-state index is 13.2. The van der Waals surface area contributed by atoms with Gasteiger partial charge in [-0.1, -0.05) is 18.2 Å². The summed E-state index contributed by atoms with van der Waals surface area (Å²) in [5.41, 5.74) is 0.210. The lowest BCUT2D eigenvalue weighted by molar-refractivity contribution is -0.137. The molecule has 1 aliphatic carbocycles. The molecule has 28 heavy (non-hydrogen) atoms. The highest BCUT2D eigenvalue weighted by Crippen LogP contribution is 2.50. The molecule has 4 rings (SSSR count). The van der Waals surface area contributed by atoms with Gasteiger partial charge >= 0.3 is 6.18 Å². The Hall–Kier alpha value is -2.83. The molecule has 0 spiro atoms. The van der Waals surface area contributed by atoms with Crippen LogP contribution in [0.1, 0.15) is 30.9 Å². The van der Waals surface area contributed by atoms with Gasteiger partial charge in [0.1, 0.15) is 5.41 Å². The van der Waals surface area contributed by atoms with Crippen molar-refractivity contribution in [3.8, 4) is 0 Å². The first-order valence-electron chi connectivity index (χ1n) is 9.13. The summed E-state index contributed by atoms with van der Waals surface area (Å²) in [6, 6.07) is 11.8. The molecule has 1 saturated carbocycles. The average molecular weight is 388 g/mol. The highest BCUT2D eigenvalue weighted by atomic mass is 19.4. The van der Waals surface area contributed by atoms with E-state index in [0.29, 0.717) is 12.8 Å². The van der Waals surface area contributed by atoms with Crippen molar-refractivity contribution in [3.63, 3.8) is 0 Å². The van der Waals surface area contributed by atoms with Crippen LogP contribution in [0.2, 0.25) is 0 Å². The number of alkyl halides is 3. The number of hydrogen-bond acceptors (Lipinski definition) is 2. The van der Waals surface area contributed by atoms with E-state index >= 15 is 0 Å². The Bertz CT molecular complexity index is 933. The number of benzene rings is 2. The van der Waals surface area contributed by atoms with Crippen LogP contribution in [0.3, 0.4) is 0 Å². The van der Waals surface area contributed by atoms with Crippen molar-refractivity contribution in [1.29, 1.82) is 0 Å². The Morgan fingerprint density at radius 1 is 1.07 bits per heavy atom. The highest BCUT2D eigenvalue weighted by Gasteiger charge is 2.59. The monoisotopic (exact) mass is 388 g/mol. The third-order valence-corrected chi connectivity index (χ3v) is 5.49. The van der Waals surface area contributed by atoms with Crippen molar-refractivity contribution in [2.45, 2.75) is 38.4 Å². The molecular formula is C21H19F3N2O2. The molecule has 4 nitrogen and oxygen atoms in total. The number of carbonyl (C=O) groups is 2. The van der Waals surface area contributed by atoms with E-state index in [2.05, 4.69) is 5.32 Å². The van der Waals surface area contributed by atoms with Gasteiger partial charge in [0.05, 0.1) is 5.56 Å². The molecule has 1 fully saturated rings. The number of hydrogen-bond donors (Lipinski definition) is 1. The minimum absolute atomic E-state index is 0.0405. The Balaban J connectivity index is 1.53. The van der Waals surface area contributed by atoms with Crippen LogP contribution in [0.4, 0.5) is 24.5 Å². The van der Waals surface area contributed by atoms with Crippen molar-refractivity contribution >= 4 is 23.2 Å². The van der Waals surface area contributed by atoms with Crippen LogP contribution < -0.4 is 10.2 Å². The highest BCUT2D eigenvalue weighted by molar-refractivity contribution is 6.18. The molecule has 1 heterocycles. The van der Waals surface area contributed by atoms with Crippen LogP contribution in [0.15, 0.2) is 48.5 Å². The number of halogens is 3. The predicted octanol–water partition coefficient (Wildman–Crippen LogP) is 4.40. The minimum Gasteiger partial charge on any atom is -0.325 e. The average Bonchev–Trinajstić information content (AvgIpc) is 3.39. The lowest BCUT2D eigenvalue weighted by Crippen LogP contribution is -2.45. The Morgan fingerprint density at radius 2 is 1.71 bits per heavy atom. The van der Waals surface area contributed by atoms with Gasteiger partial charge < -0.3 is 10.2 Å². The summed E-state index contributed by atoms with van der Waals surface area (Å²) in [5.74, 6) is -0.705. The summed E-state index contributed by atoms with van der Waals surface area (Å²) in [6.45, 7) is 1.95. The molecule has 146 valence electrons. The molecule has 7 heteroatoms. The van der Waals surface area contributed by atoms with Gasteiger partial charge in [-0.2, -0.15) is 13.2 Å². The fourth-order valence-electron chi connectivity index (χ4n) is 3.76. The summed E-state index contributed by atoms with van der Waals surface area (Å²) in [6.07, 6.45) is -2.83. The fourth-order valence-corrected chi connectivity index (χ4v) is 3.76. The van der Waals surface area contributed by atoms with E-state index in [1.54, 1.807) is 4.90 Å². The van der Waals surface area contributed by atoms with Crippen LogP contribution in [-0.4, -0.2) is 17.9 Å². The van der Waals surface area contributed by atoms with Crippen molar-refractivity contribution in [3.05, 3.63) is 59.7 Å². The van der Waals surface area contributed by atoms with Crippen LogP contribution in [0.25, 0.3) is 0 Å². The number of rotatable bonds is 3. The van der Waals surface area contributed by atoms with Crippen molar-refractivity contribution in [1.82, 2.24) is 0 Å². The number of amides is 2. The first kappa shape index (κ1) is 18.5. The number of para-hydroxylation sites is 1. The normalized spacial score (nSPS) is 19.9. The molecule has 1 atom stereocenters. The van der Waals surface area contributed by atoms with Crippen molar-refractivity contribution in [2.24, 2.45) is 5.41 Å².